The number of aromatic nitrogens is 2. The summed E-state index contributed by atoms with van der Waals surface area (Å²) >= 11 is 0. The van der Waals surface area contributed by atoms with Gasteiger partial charge in [-0.25, -0.2) is 9.97 Å². The lowest BCUT2D eigenvalue weighted by Gasteiger charge is -2.46. The Bertz CT molecular complexity index is 451. The second-order valence-electron chi connectivity index (χ2n) is 5.89. The molecule has 4 heterocycles. The van der Waals surface area contributed by atoms with Gasteiger partial charge in [-0.2, -0.15) is 0 Å². The zero-order valence-electron chi connectivity index (χ0n) is 11.8. The van der Waals surface area contributed by atoms with Crippen LogP contribution in [0.4, 0.5) is 0 Å². The lowest BCUT2D eigenvalue weighted by atomic mass is 10.1. The number of piperazine rings is 3. The highest BCUT2D eigenvalue weighted by atomic mass is 15.4. The third-order valence-electron chi connectivity index (χ3n) is 4.03. The summed E-state index contributed by atoms with van der Waals surface area (Å²) in [7, 11) is 0. The number of aryl methyl sites for hydroxylation is 1. The highest BCUT2D eigenvalue weighted by Crippen LogP contribution is 2.26. The van der Waals surface area contributed by atoms with Gasteiger partial charge in [0.15, 0.2) is 0 Å². The molecular weight excluding hydrogens is 238 g/mol. The number of fused-ring (bicyclic) bond motifs is 3. The van der Waals surface area contributed by atoms with Crippen molar-refractivity contribution in [1.29, 1.82) is 0 Å². The van der Waals surface area contributed by atoms with Gasteiger partial charge in [-0.15, -0.1) is 0 Å². The molecule has 0 spiro atoms. The van der Waals surface area contributed by atoms with Gasteiger partial charge in [0.1, 0.15) is 5.82 Å². The van der Waals surface area contributed by atoms with E-state index in [1.54, 1.807) is 0 Å². The molecule has 2 bridgehead atoms. The molecule has 3 aliphatic rings. The molecule has 1 aromatic rings. The zero-order valence-corrected chi connectivity index (χ0v) is 11.8. The SMILES string of the molecule is Cc1cc(CC(C)N)nc(C2CN3CCN2CC3)n1. The van der Waals surface area contributed by atoms with E-state index in [2.05, 4.69) is 20.9 Å². The van der Waals surface area contributed by atoms with Crippen molar-refractivity contribution in [2.45, 2.75) is 32.4 Å². The van der Waals surface area contributed by atoms with E-state index in [9.17, 15) is 0 Å². The Kier molecular flexibility index (Phi) is 3.52. The van der Waals surface area contributed by atoms with Crippen molar-refractivity contribution < 1.29 is 0 Å². The summed E-state index contributed by atoms with van der Waals surface area (Å²) in [6.45, 7) is 9.81. The Hall–Kier alpha value is -1.04. The van der Waals surface area contributed by atoms with Crippen LogP contribution in [-0.2, 0) is 6.42 Å². The molecule has 3 saturated heterocycles. The van der Waals surface area contributed by atoms with Crippen molar-refractivity contribution >= 4 is 0 Å². The Morgan fingerprint density at radius 1 is 1.32 bits per heavy atom. The predicted molar refractivity (Wildman–Crippen MR) is 74.9 cm³/mol. The van der Waals surface area contributed by atoms with Crippen LogP contribution in [0, 0.1) is 6.92 Å². The van der Waals surface area contributed by atoms with Gasteiger partial charge >= 0.3 is 0 Å². The van der Waals surface area contributed by atoms with Crippen molar-refractivity contribution in [2.75, 3.05) is 32.7 Å². The molecule has 4 rings (SSSR count). The second-order valence-corrected chi connectivity index (χ2v) is 5.89. The maximum absolute atomic E-state index is 5.88. The summed E-state index contributed by atoms with van der Waals surface area (Å²) in [5, 5.41) is 0. The number of nitrogens with zero attached hydrogens (tertiary/aromatic N) is 4. The minimum absolute atomic E-state index is 0.147. The van der Waals surface area contributed by atoms with Crippen LogP contribution in [0.1, 0.15) is 30.2 Å². The Morgan fingerprint density at radius 3 is 2.63 bits per heavy atom. The molecule has 2 atom stereocenters. The maximum Gasteiger partial charge on any atom is 0.147 e. The molecule has 2 unspecified atom stereocenters. The van der Waals surface area contributed by atoms with Crippen LogP contribution in [-0.4, -0.2) is 58.5 Å². The fourth-order valence-electron chi connectivity index (χ4n) is 3.10. The predicted octanol–water partition coefficient (Wildman–Crippen LogP) is 0.347. The quantitative estimate of drug-likeness (QED) is 0.850. The van der Waals surface area contributed by atoms with Crippen LogP contribution in [0.5, 0.6) is 0 Å². The molecule has 5 heteroatoms. The van der Waals surface area contributed by atoms with Crippen molar-refractivity contribution in [1.82, 2.24) is 19.8 Å². The summed E-state index contributed by atoms with van der Waals surface area (Å²) in [5.41, 5.74) is 8.02. The fraction of sp³-hybridized carbons (Fsp3) is 0.714. The lowest BCUT2D eigenvalue weighted by molar-refractivity contribution is 0.00849. The molecule has 0 aromatic carbocycles. The first-order valence-corrected chi connectivity index (χ1v) is 7.18. The Balaban J connectivity index is 1.85. The molecule has 2 N–H and O–H groups in total. The normalized spacial score (nSPS) is 31.4. The van der Waals surface area contributed by atoms with Crippen LogP contribution >= 0.6 is 0 Å². The first-order chi connectivity index (χ1) is 9.11. The van der Waals surface area contributed by atoms with Crippen molar-refractivity contribution in [2.24, 2.45) is 5.73 Å². The number of nitrogens with two attached hydrogens (primary N) is 1. The van der Waals surface area contributed by atoms with E-state index in [1.807, 2.05) is 13.8 Å². The van der Waals surface area contributed by atoms with E-state index in [0.29, 0.717) is 6.04 Å². The third kappa shape index (κ3) is 2.78. The first kappa shape index (κ1) is 13.0. The van der Waals surface area contributed by atoms with Gasteiger partial charge in [0.2, 0.25) is 0 Å². The van der Waals surface area contributed by atoms with Crippen LogP contribution in [0.2, 0.25) is 0 Å². The van der Waals surface area contributed by atoms with Gasteiger partial charge < -0.3 is 5.73 Å². The van der Waals surface area contributed by atoms with Gasteiger partial charge in [-0.3, -0.25) is 9.80 Å². The highest BCUT2D eigenvalue weighted by Gasteiger charge is 2.34. The minimum Gasteiger partial charge on any atom is -0.328 e. The van der Waals surface area contributed by atoms with Crippen LogP contribution in [0.3, 0.4) is 0 Å². The molecule has 3 fully saturated rings. The zero-order chi connectivity index (χ0) is 13.4. The largest absolute Gasteiger partial charge is 0.328 e. The smallest absolute Gasteiger partial charge is 0.147 e. The van der Waals surface area contributed by atoms with Gasteiger partial charge in [-0.1, -0.05) is 0 Å². The van der Waals surface area contributed by atoms with E-state index in [-0.39, 0.29) is 6.04 Å². The van der Waals surface area contributed by atoms with E-state index in [0.717, 1.165) is 43.3 Å². The molecule has 1 aromatic heterocycles. The van der Waals surface area contributed by atoms with E-state index in [4.69, 9.17) is 10.7 Å². The summed E-state index contributed by atoms with van der Waals surface area (Å²) in [6.07, 6.45) is 0.826. The summed E-state index contributed by atoms with van der Waals surface area (Å²) in [6, 6.07) is 2.58. The second kappa shape index (κ2) is 5.15. The minimum atomic E-state index is 0.147. The van der Waals surface area contributed by atoms with Crippen LogP contribution in [0.15, 0.2) is 6.07 Å². The van der Waals surface area contributed by atoms with Gasteiger partial charge in [0, 0.05) is 56.6 Å². The van der Waals surface area contributed by atoms with Crippen molar-refractivity contribution in [3.8, 4) is 0 Å². The summed E-state index contributed by atoms with van der Waals surface area (Å²) < 4.78 is 0. The average molecular weight is 261 g/mol. The average Bonchev–Trinajstić information content (AvgIpc) is 2.38. The number of hydrogen-bond donors (Lipinski definition) is 1. The molecule has 0 saturated carbocycles. The molecular formula is C14H23N5. The lowest BCUT2D eigenvalue weighted by Crippen LogP contribution is -2.57. The van der Waals surface area contributed by atoms with Crippen LogP contribution in [0.25, 0.3) is 0 Å². The first-order valence-electron chi connectivity index (χ1n) is 7.18. The standard InChI is InChI=1S/C14H23N5/c1-10(15)7-12-8-11(2)16-14(17-12)13-9-18-3-5-19(13)6-4-18/h8,10,13H,3-7,9,15H2,1-2H3. The van der Waals surface area contributed by atoms with E-state index >= 15 is 0 Å². The number of rotatable bonds is 3. The van der Waals surface area contributed by atoms with Gasteiger partial charge in [0.25, 0.3) is 0 Å². The molecule has 0 radical (unpaired) electrons. The molecule has 0 aliphatic carbocycles. The molecule has 19 heavy (non-hydrogen) atoms. The Morgan fingerprint density at radius 2 is 2.05 bits per heavy atom. The molecule has 104 valence electrons. The van der Waals surface area contributed by atoms with E-state index < -0.39 is 0 Å². The molecule has 5 nitrogen and oxygen atoms in total. The topological polar surface area (TPSA) is 58.3 Å². The molecule has 3 aliphatic heterocycles. The maximum atomic E-state index is 5.88. The van der Waals surface area contributed by atoms with Gasteiger partial charge in [-0.05, 0) is 19.9 Å². The summed E-state index contributed by atoms with van der Waals surface area (Å²) in [5.74, 6) is 0.986. The molecule has 0 amide bonds. The third-order valence-corrected chi connectivity index (χ3v) is 4.03. The fourth-order valence-corrected chi connectivity index (χ4v) is 3.10. The Labute approximate surface area is 114 Å². The summed E-state index contributed by atoms with van der Waals surface area (Å²) in [4.78, 5) is 14.5. The number of hydrogen-bond acceptors (Lipinski definition) is 5. The monoisotopic (exact) mass is 261 g/mol. The van der Waals surface area contributed by atoms with Crippen LogP contribution < -0.4 is 5.73 Å². The van der Waals surface area contributed by atoms with E-state index in [1.165, 1.54) is 13.1 Å². The highest BCUT2D eigenvalue weighted by molar-refractivity contribution is 5.14. The van der Waals surface area contributed by atoms with Gasteiger partial charge in [0.05, 0.1) is 6.04 Å². The van der Waals surface area contributed by atoms with Crippen molar-refractivity contribution in [3.63, 3.8) is 0 Å². The van der Waals surface area contributed by atoms with Crippen molar-refractivity contribution in [3.05, 3.63) is 23.3 Å².